The van der Waals surface area contributed by atoms with Crippen molar-refractivity contribution in [1.82, 2.24) is 10.2 Å². The van der Waals surface area contributed by atoms with Gasteiger partial charge in [0.15, 0.2) is 0 Å². The number of rotatable bonds is 6. The van der Waals surface area contributed by atoms with E-state index in [0.717, 1.165) is 6.42 Å². The van der Waals surface area contributed by atoms with Gasteiger partial charge in [-0.05, 0) is 19.3 Å². The van der Waals surface area contributed by atoms with Crippen LogP contribution in [0.3, 0.4) is 0 Å². The minimum Gasteiger partial charge on any atom is -0.323 e. The average Bonchev–Trinajstić information content (AvgIpc) is 2.60. The minimum absolute atomic E-state index is 0.240. The molecule has 0 aromatic rings. The third kappa shape index (κ3) is 3.21. The molecule has 0 bridgehead atoms. The van der Waals surface area contributed by atoms with Gasteiger partial charge in [-0.1, -0.05) is 40.0 Å². The number of hydrogen-bond donors (Lipinski definition) is 1. The highest BCUT2D eigenvalue weighted by Gasteiger charge is 2.35. The highest BCUT2D eigenvalue weighted by Crippen LogP contribution is 2.20. The van der Waals surface area contributed by atoms with Gasteiger partial charge in [0.1, 0.15) is 0 Å². The molecule has 1 aliphatic rings. The van der Waals surface area contributed by atoms with E-state index in [9.17, 15) is 4.79 Å². The number of hydrogen-bond acceptors (Lipinski definition) is 2. The maximum atomic E-state index is 11.8. The summed E-state index contributed by atoms with van der Waals surface area (Å²) in [5.41, 5.74) is 0. The maximum absolute atomic E-state index is 11.8. The average molecular weight is 226 g/mol. The quantitative estimate of drug-likeness (QED) is 0.705. The van der Waals surface area contributed by atoms with Crippen molar-refractivity contribution in [3.63, 3.8) is 0 Å². The normalized spacial score (nSPS) is 23.2. The van der Waals surface area contributed by atoms with E-state index in [1.807, 2.05) is 0 Å². The topological polar surface area (TPSA) is 32.3 Å². The molecule has 1 aliphatic heterocycles. The molecule has 2 atom stereocenters. The second-order valence-corrected chi connectivity index (χ2v) is 5.22. The lowest BCUT2D eigenvalue weighted by Crippen LogP contribution is -2.46. The number of nitrogens with zero attached hydrogens (tertiary/aromatic N) is 1. The van der Waals surface area contributed by atoms with Gasteiger partial charge in [-0.3, -0.25) is 10.1 Å². The molecule has 3 heteroatoms. The molecule has 1 rings (SSSR count). The molecular formula is C13H26N2O. The van der Waals surface area contributed by atoms with Crippen molar-refractivity contribution < 1.29 is 4.79 Å². The van der Waals surface area contributed by atoms with E-state index in [1.54, 1.807) is 0 Å². The Morgan fingerprint density at radius 1 is 1.38 bits per heavy atom. The first-order chi connectivity index (χ1) is 7.57. The van der Waals surface area contributed by atoms with Gasteiger partial charge in [-0.2, -0.15) is 0 Å². The number of nitrogens with one attached hydrogen (secondary N) is 1. The highest BCUT2D eigenvalue weighted by molar-refractivity contribution is 5.81. The first-order valence-corrected chi connectivity index (χ1v) is 6.62. The Morgan fingerprint density at radius 2 is 2.06 bits per heavy atom. The summed E-state index contributed by atoms with van der Waals surface area (Å²) < 4.78 is 0. The summed E-state index contributed by atoms with van der Waals surface area (Å²) in [6.45, 7) is 9.24. The van der Waals surface area contributed by atoms with Crippen LogP contribution in [0.1, 0.15) is 53.4 Å². The van der Waals surface area contributed by atoms with E-state index in [0.29, 0.717) is 18.5 Å². The molecule has 2 unspecified atom stereocenters. The van der Waals surface area contributed by atoms with Gasteiger partial charge in [0.2, 0.25) is 5.91 Å². The zero-order valence-corrected chi connectivity index (χ0v) is 11.1. The third-order valence-corrected chi connectivity index (χ3v) is 3.38. The lowest BCUT2D eigenvalue weighted by atomic mass is 10.1. The van der Waals surface area contributed by atoms with Crippen LogP contribution in [0, 0.1) is 5.92 Å². The van der Waals surface area contributed by atoms with Gasteiger partial charge in [0.05, 0.1) is 12.7 Å². The summed E-state index contributed by atoms with van der Waals surface area (Å²) in [5.74, 6) is 0.753. The lowest BCUT2D eigenvalue weighted by Gasteiger charge is -2.32. The number of unbranched alkanes of at least 4 members (excludes halogenated alkanes) is 2. The molecule has 3 nitrogen and oxygen atoms in total. The van der Waals surface area contributed by atoms with Gasteiger partial charge in [0.25, 0.3) is 0 Å². The molecule has 0 aromatic heterocycles. The van der Waals surface area contributed by atoms with Gasteiger partial charge < -0.3 is 4.90 Å². The maximum Gasteiger partial charge on any atom is 0.238 e. The predicted octanol–water partition coefficient (Wildman–Crippen LogP) is 2.37. The summed E-state index contributed by atoms with van der Waals surface area (Å²) in [6.07, 6.45) is 5.11. The van der Waals surface area contributed by atoms with Crippen LogP contribution in [0.5, 0.6) is 0 Å². The lowest BCUT2D eigenvalue weighted by molar-refractivity contribution is -0.130. The summed E-state index contributed by atoms with van der Waals surface area (Å²) in [5, 5.41) is 3.30. The van der Waals surface area contributed by atoms with Crippen LogP contribution in [0.4, 0.5) is 0 Å². The highest BCUT2D eigenvalue weighted by atomic mass is 16.2. The summed E-state index contributed by atoms with van der Waals surface area (Å²) >= 11 is 0. The molecular weight excluding hydrogens is 200 g/mol. The van der Waals surface area contributed by atoms with Gasteiger partial charge in [-0.25, -0.2) is 0 Å². The summed E-state index contributed by atoms with van der Waals surface area (Å²) in [7, 11) is 0. The number of carbonyl (C=O) groups excluding carboxylic acids is 1. The summed E-state index contributed by atoms with van der Waals surface area (Å²) in [6, 6.07) is 0.376. The van der Waals surface area contributed by atoms with Crippen LogP contribution < -0.4 is 5.32 Å². The van der Waals surface area contributed by atoms with Crippen molar-refractivity contribution in [3.8, 4) is 0 Å². The van der Waals surface area contributed by atoms with Gasteiger partial charge in [0, 0.05) is 6.04 Å². The molecule has 0 aromatic carbocycles. The Labute approximate surface area is 99.6 Å². The smallest absolute Gasteiger partial charge is 0.238 e. The SMILES string of the molecule is CCCCCC(C)N1C(=O)CNC1C(C)C. The Bertz CT molecular complexity index is 228. The van der Waals surface area contributed by atoms with Crippen LogP contribution in [0.2, 0.25) is 0 Å². The molecule has 1 N–H and O–H groups in total. The van der Waals surface area contributed by atoms with Crippen LogP contribution in [-0.2, 0) is 4.79 Å². The fraction of sp³-hybridized carbons (Fsp3) is 0.923. The van der Waals surface area contributed by atoms with Crippen molar-refractivity contribution in [1.29, 1.82) is 0 Å². The molecule has 1 fully saturated rings. The molecule has 16 heavy (non-hydrogen) atoms. The molecule has 0 spiro atoms. The predicted molar refractivity (Wildman–Crippen MR) is 67.1 cm³/mol. The van der Waals surface area contributed by atoms with Crippen LogP contribution in [0.25, 0.3) is 0 Å². The van der Waals surface area contributed by atoms with E-state index in [2.05, 4.69) is 37.9 Å². The van der Waals surface area contributed by atoms with Crippen LogP contribution >= 0.6 is 0 Å². The fourth-order valence-corrected chi connectivity index (χ4v) is 2.44. The Hall–Kier alpha value is -0.570. The fourth-order valence-electron chi connectivity index (χ4n) is 2.44. The van der Waals surface area contributed by atoms with Gasteiger partial charge in [-0.15, -0.1) is 0 Å². The first kappa shape index (κ1) is 13.5. The second kappa shape index (κ2) is 6.24. The van der Waals surface area contributed by atoms with Crippen molar-refractivity contribution in [3.05, 3.63) is 0 Å². The molecule has 0 saturated carbocycles. The number of amides is 1. The minimum atomic E-state index is 0.240. The van der Waals surface area contributed by atoms with E-state index in [4.69, 9.17) is 0 Å². The van der Waals surface area contributed by atoms with Crippen molar-refractivity contribution in [2.24, 2.45) is 5.92 Å². The third-order valence-electron chi connectivity index (χ3n) is 3.38. The van der Waals surface area contributed by atoms with Crippen molar-refractivity contribution >= 4 is 5.91 Å². The molecule has 94 valence electrons. The van der Waals surface area contributed by atoms with Gasteiger partial charge >= 0.3 is 0 Å². The van der Waals surface area contributed by atoms with E-state index in [1.165, 1.54) is 19.3 Å². The largest absolute Gasteiger partial charge is 0.323 e. The van der Waals surface area contributed by atoms with E-state index < -0.39 is 0 Å². The van der Waals surface area contributed by atoms with E-state index in [-0.39, 0.29) is 12.1 Å². The van der Waals surface area contributed by atoms with Crippen LogP contribution in [-0.4, -0.2) is 29.6 Å². The summed E-state index contributed by atoms with van der Waals surface area (Å²) in [4.78, 5) is 13.9. The van der Waals surface area contributed by atoms with Crippen molar-refractivity contribution in [2.45, 2.75) is 65.6 Å². The molecule has 1 saturated heterocycles. The molecule has 0 aliphatic carbocycles. The standard InChI is InChI=1S/C13H26N2O/c1-5-6-7-8-11(4)15-12(16)9-14-13(15)10(2)3/h10-11,13-14H,5-9H2,1-4H3. The Kier molecular flexibility index (Phi) is 5.26. The Morgan fingerprint density at radius 3 is 2.62 bits per heavy atom. The number of carbonyl (C=O) groups is 1. The molecule has 1 amide bonds. The first-order valence-electron chi connectivity index (χ1n) is 6.62. The zero-order valence-electron chi connectivity index (χ0n) is 11.1. The molecule has 1 heterocycles. The molecule has 0 radical (unpaired) electrons. The van der Waals surface area contributed by atoms with Crippen molar-refractivity contribution in [2.75, 3.05) is 6.54 Å². The van der Waals surface area contributed by atoms with Crippen LogP contribution in [0.15, 0.2) is 0 Å². The second-order valence-electron chi connectivity index (χ2n) is 5.22. The Balaban J connectivity index is 2.50. The zero-order chi connectivity index (χ0) is 12.1. The monoisotopic (exact) mass is 226 g/mol. The van der Waals surface area contributed by atoms with E-state index >= 15 is 0 Å².